The summed E-state index contributed by atoms with van der Waals surface area (Å²) < 4.78 is 15.7. The Morgan fingerprint density at radius 1 is 1.09 bits per heavy atom. The third kappa shape index (κ3) is 2.98. The first-order valence-corrected chi connectivity index (χ1v) is 6.61. The maximum atomic E-state index is 12.1. The molecule has 0 aliphatic carbocycles. The van der Waals surface area contributed by atoms with Crippen LogP contribution in [0, 0.1) is 10.1 Å². The minimum Gasteiger partial charge on any atom is -0.497 e. The summed E-state index contributed by atoms with van der Waals surface area (Å²) in [4.78, 5) is 22.1. The predicted octanol–water partition coefficient (Wildman–Crippen LogP) is 3.57. The average molecular weight is 313 g/mol. The largest absolute Gasteiger partial charge is 0.497 e. The monoisotopic (exact) mass is 313 g/mol. The Hall–Kier alpha value is -3.35. The molecule has 0 N–H and O–H groups in total. The smallest absolute Gasteiger partial charge is 0.379 e. The van der Waals surface area contributed by atoms with E-state index in [2.05, 4.69) is 0 Å². The molecular formula is C16H11NO6. The molecule has 0 unspecified atom stereocenters. The maximum Gasteiger partial charge on any atom is 0.379 e. The number of furan rings is 1. The minimum absolute atomic E-state index is 0.0339. The van der Waals surface area contributed by atoms with Crippen molar-refractivity contribution in [2.45, 2.75) is 0 Å². The van der Waals surface area contributed by atoms with Gasteiger partial charge in [0.2, 0.25) is 5.76 Å². The van der Waals surface area contributed by atoms with E-state index in [1.807, 2.05) is 0 Å². The molecule has 0 saturated carbocycles. The number of carbonyl (C=O) groups excluding carboxylic acids is 1. The quantitative estimate of drug-likeness (QED) is 0.316. The topological polar surface area (TPSA) is 91.8 Å². The molecule has 0 amide bonds. The Balaban J connectivity index is 1.81. The van der Waals surface area contributed by atoms with Gasteiger partial charge in [-0.1, -0.05) is 0 Å². The zero-order valence-electron chi connectivity index (χ0n) is 12.0. The van der Waals surface area contributed by atoms with Crippen LogP contribution in [0.25, 0.3) is 11.0 Å². The van der Waals surface area contributed by atoms with Gasteiger partial charge in [-0.25, -0.2) is 4.79 Å². The molecule has 0 radical (unpaired) electrons. The van der Waals surface area contributed by atoms with Crippen LogP contribution in [-0.2, 0) is 0 Å². The molecule has 0 saturated heterocycles. The number of rotatable bonds is 4. The highest BCUT2D eigenvalue weighted by Crippen LogP contribution is 2.25. The summed E-state index contributed by atoms with van der Waals surface area (Å²) in [5, 5.41) is 11.3. The first-order chi connectivity index (χ1) is 11.1. The van der Waals surface area contributed by atoms with Crippen molar-refractivity contribution in [2.75, 3.05) is 7.11 Å². The van der Waals surface area contributed by atoms with Gasteiger partial charge in [0, 0.05) is 17.5 Å². The number of methoxy groups -OCH3 is 1. The second-order valence-corrected chi connectivity index (χ2v) is 4.65. The van der Waals surface area contributed by atoms with Gasteiger partial charge in [0.15, 0.2) is 0 Å². The zero-order chi connectivity index (χ0) is 16.4. The molecule has 116 valence electrons. The highest BCUT2D eigenvalue weighted by Gasteiger charge is 2.16. The van der Waals surface area contributed by atoms with E-state index in [1.54, 1.807) is 31.4 Å². The number of ether oxygens (including phenoxy) is 2. The van der Waals surface area contributed by atoms with Gasteiger partial charge in [0.1, 0.15) is 17.1 Å². The molecule has 7 heteroatoms. The van der Waals surface area contributed by atoms with E-state index in [1.165, 1.54) is 24.3 Å². The van der Waals surface area contributed by atoms with Crippen molar-refractivity contribution in [3.8, 4) is 11.5 Å². The highest BCUT2D eigenvalue weighted by atomic mass is 16.6. The van der Waals surface area contributed by atoms with Gasteiger partial charge in [-0.3, -0.25) is 10.1 Å². The molecular weight excluding hydrogens is 302 g/mol. The Kier molecular flexibility index (Phi) is 3.68. The number of non-ortho nitro benzene ring substituents is 1. The van der Waals surface area contributed by atoms with Crippen LogP contribution >= 0.6 is 0 Å². The molecule has 1 heterocycles. The summed E-state index contributed by atoms with van der Waals surface area (Å²) >= 11 is 0. The fourth-order valence-electron chi connectivity index (χ4n) is 2.04. The van der Waals surface area contributed by atoms with Crippen LogP contribution in [0.5, 0.6) is 11.5 Å². The summed E-state index contributed by atoms with van der Waals surface area (Å²) in [6.45, 7) is 0. The second kappa shape index (κ2) is 5.80. The molecule has 0 bridgehead atoms. The van der Waals surface area contributed by atoms with Crippen molar-refractivity contribution in [2.24, 2.45) is 0 Å². The standard InChI is InChI=1S/C16H11NO6/c1-21-13-6-7-14-10(8-13)9-15(23-14)16(18)22-12-4-2-11(3-5-12)17(19)20/h2-9H,1H3. The molecule has 7 nitrogen and oxygen atoms in total. The van der Waals surface area contributed by atoms with Crippen molar-refractivity contribution in [1.82, 2.24) is 0 Å². The van der Waals surface area contributed by atoms with E-state index < -0.39 is 10.9 Å². The van der Waals surface area contributed by atoms with Crippen LogP contribution in [0.2, 0.25) is 0 Å². The number of hydrogen-bond acceptors (Lipinski definition) is 6. The number of benzene rings is 2. The van der Waals surface area contributed by atoms with E-state index >= 15 is 0 Å². The van der Waals surface area contributed by atoms with Crippen molar-refractivity contribution >= 4 is 22.6 Å². The molecule has 0 aliphatic heterocycles. The number of nitro groups is 1. The summed E-state index contributed by atoms with van der Waals surface area (Å²) in [6.07, 6.45) is 0. The third-order valence-corrected chi connectivity index (χ3v) is 3.18. The van der Waals surface area contributed by atoms with Gasteiger partial charge >= 0.3 is 5.97 Å². The molecule has 2 aromatic carbocycles. The summed E-state index contributed by atoms with van der Waals surface area (Å²) in [6, 6.07) is 11.9. The Morgan fingerprint density at radius 3 is 2.43 bits per heavy atom. The number of hydrogen-bond donors (Lipinski definition) is 0. The molecule has 1 aromatic heterocycles. The van der Waals surface area contributed by atoms with Gasteiger partial charge in [0.05, 0.1) is 12.0 Å². The predicted molar refractivity (Wildman–Crippen MR) is 80.8 cm³/mol. The van der Waals surface area contributed by atoms with Crippen molar-refractivity contribution in [3.63, 3.8) is 0 Å². The SMILES string of the molecule is COc1ccc2oc(C(=O)Oc3ccc([N+](=O)[O-])cc3)cc2c1. The van der Waals surface area contributed by atoms with Crippen LogP contribution < -0.4 is 9.47 Å². The number of esters is 1. The molecule has 3 rings (SSSR count). The van der Waals surface area contributed by atoms with Gasteiger partial charge in [-0.15, -0.1) is 0 Å². The van der Waals surface area contributed by atoms with Crippen LogP contribution in [0.4, 0.5) is 5.69 Å². The first kappa shape index (κ1) is 14.6. The van der Waals surface area contributed by atoms with Gasteiger partial charge in [-0.2, -0.15) is 0 Å². The highest BCUT2D eigenvalue weighted by molar-refractivity contribution is 5.94. The number of carbonyl (C=O) groups is 1. The van der Waals surface area contributed by atoms with E-state index in [0.717, 1.165) is 0 Å². The molecule has 0 aliphatic rings. The molecule has 0 atom stereocenters. The normalized spacial score (nSPS) is 10.5. The first-order valence-electron chi connectivity index (χ1n) is 6.61. The summed E-state index contributed by atoms with van der Waals surface area (Å²) in [5.74, 6) is 0.188. The fraction of sp³-hybridized carbons (Fsp3) is 0.0625. The van der Waals surface area contributed by atoms with E-state index in [0.29, 0.717) is 16.7 Å². The second-order valence-electron chi connectivity index (χ2n) is 4.65. The van der Waals surface area contributed by atoms with E-state index in [4.69, 9.17) is 13.9 Å². The lowest BCUT2D eigenvalue weighted by Crippen LogP contribution is -2.07. The molecule has 23 heavy (non-hydrogen) atoms. The number of nitro benzene ring substituents is 1. The van der Waals surface area contributed by atoms with Crippen molar-refractivity contribution in [1.29, 1.82) is 0 Å². The Labute approximate surface area is 130 Å². The van der Waals surface area contributed by atoms with Crippen LogP contribution in [0.1, 0.15) is 10.6 Å². The Morgan fingerprint density at radius 2 is 1.78 bits per heavy atom. The van der Waals surface area contributed by atoms with E-state index in [9.17, 15) is 14.9 Å². The lowest BCUT2D eigenvalue weighted by molar-refractivity contribution is -0.384. The zero-order valence-corrected chi connectivity index (χ0v) is 12.0. The number of fused-ring (bicyclic) bond motifs is 1. The molecule has 0 fully saturated rings. The van der Waals surface area contributed by atoms with Crippen molar-refractivity contribution in [3.05, 3.63) is 64.4 Å². The molecule has 0 spiro atoms. The van der Waals surface area contributed by atoms with Crippen LogP contribution in [-0.4, -0.2) is 18.0 Å². The minimum atomic E-state index is -0.686. The lowest BCUT2D eigenvalue weighted by atomic mass is 10.2. The van der Waals surface area contributed by atoms with Gasteiger partial charge in [0.25, 0.3) is 5.69 Å². The van der Waals surface area contributed by atoms with Gasteiger partial charge in [-0.05, 0) is 36.4 Å². The van der Waals surface area contributed by atoms with Crippen LogP contribution in [0.3, 0.4) is 0 Å². The molecule has 3 aromatic rings. The van der Waals surface area contributed by atoms with Crippen molar-refractivity contribution < 1.29 is 23.6 Å². The third-order valence-electron chi connectivity index (χ3n) is 3.18. The van der Waals surface area contributed by atoms with Gasteiger partial charge < -0.3 is 13.9 Å². The maximum absolute atomic E-state index is 12.1. The summed E-state index contributed by atoms with van der Waals surface area (Å²) in [7, 11) is 1.55. The average Bonchev–Trinajstić information content (AvgIpc) is 2.98. The van der Waals surface area contributed by atoms with E-state index in [-0.39, 0.29) is 17.2 Å². The summed E-state index contributed by atoms with van der Waals surface area (Å²) in [5.41, 5.74) is 0.446. The number of nitrogens with zero attached hydrogens (tertiary/aromatic N) is 1. The van der Waals surface area contributed by atoms with Crippen LogP contribution in [0.15, 0.2) is 52.9 Å². The Bertz CT molecular complexity index is 881. The fourth-order valence-corrected chi connectivity index (χ4v) is 2.04. The lowest BCUT2D eigenvalue weighted by Gasteiger charge is -2.01.